The van der Waals surface area contributed by atoms with Gasteiger partial charge in [0.25, 0.3) is 0 Å². The Morgan fingerprint density at radius 3 is 2.77 bits per heavy atom. The number of hydrogen-bond acceptors (Lipinski definition) is 2. The first-order chi connectivity index (χ1) is 10.5. The lowest BCUT2D eigenvalue weighted by atomic mass is 9.62. The van der Waals surface area contributed by atoms with Crippen LogP contribution in [0.3, 0.4) is 0 Å². The van der Waals surface area contributed by atoms with Gasteiger partial charge in [-0.25, -0.2) is 0 Å². The second-order valence-corrected chi connectivity index (χ2v) is 7.87. The molecule has 3 aliphatic rings. The van der Waals surface area contributed by atoms with Crippen LogP contribution in [-0.2, 0) is 6.42 Å². The average molecular weight is 296 g/mol. The number of benzene rings is 1. The quantitative estimate of drug-likeness (QED) is 0.825. The molecule has 2 saturated carbocycles. The summed E-state index contributed by atoms with van der Waals surface area (Å²) in [4.78, 5) is 26.1. The highest BCUT2D eigenvalue weighted by molar-refractivity contribution is 6.16. The Morgan fingerprint density at radius 2 is 2.00 bits per heavy atom. The van der Waals surface area contributed by atoms with Gasteiger partial charge in [-0.2, -0.15) is 0 Å². The maximum absolute atomic E-state index is 13.0. The third-order valence-corrected chi connectivity index (χ3v) is 6.45. The van der Waals surface area contributed by atoms with Gasteiger partial charge in [0.2, 0.25) is 0 Å². The van der Waals surface area contributed by atoms with Crippen molar-refractivity contribution in [3.8, 4) is 0 Å². The van der Waals surface area contributed by atoms with Crippen LogP contribution in [0.4, 0.5) is 0 Å². The molecule has 0 aromatic heterocycles. The van der Waals surface area contributed by atoms with Gasteiger partial charge in [-0.1, -0.05) is 32.4 Å². The monoisotopic (exact) mass is 296 g/mol. The summed E-state index contributed by atoms with van der Waals surface area (Å²) in [5.74, 6) is 0.865. The summed E-state index contributed by atoms with van der Waals surface area (Å²) in [6.45, 7) is 4.40. The SMILES string of the molecule is CCCCc1ccc2c(c1)C(=O)C1C3CCC(C)(C3)C1C2=O. The smallest absolute Gasteiger partial charge is 0.167 e. The molecule has 1 aromatic rings. The van der Waals surface area contributed by atoms with Crippen molar-refractivity contribution in [2.24, 2.45) is 23.2 Å². The van der Waals surface area contributed by atoms with Crippen molar-refractivity contribution in [1.82, 2.24) is 0 Å². The minimum absolute atomic E-state index is 0.0276. The number of hydrogen-bond donors (Lipinski definition) is 0. The third-order valence-electron chi connectivity index (χ3n) is 6.45. The zero-order chi connectivity index (χ0) is 15.5. The molecule has 0 heterocycles. The molecule has 2 heteroatoms. The minimum atomic E-state index is -0.0484. The highest BCUT2D eigenvalue weighted by Gasteiger charge is 2.62. The van der Waals surface area contributed by atoms with E-state index in [0.29, 0.717) is 11.5 Å². The molecule has 116 valence electrons. The molecule has 4 unspecified atom stereocenters. The lowest BCUT2D eigenvalue weighted by Gasteiger charge is -2.38. The molecule has 22 heavy (non-hydrogen) atoms. The summed E-state index contributed by atoms with van der Waals surface area (Å²) in [5.41, 5.74) is 2.69. The summed E-state index contributed by atoms with van der Waals surface area (Å²) >= 11 is 0. The van der Waals surface area contributed by atoms with Gasteiger partial charge in [0.05, 0.1) is 0 Å². The van der Waals surface area contributed by atoms with Crippen molar-refractivity contribution >= 4 is 11.6 Å². The molecule has 3 aliphatic carbocycles. The molecule has 4 rings (SSSR count). The van der Waals surface area contributed by atoms with Crippen LogP contribution in [0.5, 0.6) is 0 Å². The molecule has 0 N–H and O–H groups in total. The fourth-order valence-corrected chi connectivity index (χ4v) is 5.35. The standard InChI is InChI=1S/C20H24O2/c1-3-4-5-12-6-7-14-15(10-12)18(21)16-13-8-9-20(2,11-13)17(16)19(14)22/h6-7,10,13,16-17H,3-5,8-9,11H2,1-2H3. The molecule has 0 saturated heterocycles. The predicted molar refractivity (Wildman–Crippen MR) is 86.1 cm³/mol. The van der Waals surface area contributed by atoms with Crippen LogP contribution >= 0.6 is 0 Å². The number of fused-ring (bicyclic) bond motifs is 6. The molecule has 0 spiro atoms. The number of Topliss-reactive ketones (excluding diaryl/α,β-unsaturated/α-hetero) is 2. The van der Waals surface area contributed by atoms with E-state index in [2.05, 4.69) is 19.9 Å². The molecule has 0 radical (unpaired) electrons. The van der Waals surface area contributed by atoms with Gasteiger partial charge < -0.3 is 0 Å². The fourth-order valence-electron chi connectivity index (χ4n) is 5.35. The van der Waals surface area contributed by atoms with Gasteiger partial charge in [-0.15, -0.1) is 0 Å². The largest absolute Gasteiger partial charge is 0.294 e. The van der Waals surface area contributed by atoms with Crippen molar-refractivity contribution in [3.63, 3.8) is 0 Å². The zero-order valence-electron chi connectivity index (χ0n) is 13.5. The van der Waals surface area contributed by atoms with E-state index in [4.69, 9.17) is 0 Å². The number of carbonyl (C=O) groups is 2. The van der Waals surface area contributed by atoms with E-state index in [1.807, 2.05) is 12.1 Å². The summed E-state index contributed by atoms with van der Waals surface area (Å²) in [6, 6.07) is 5.98. The van der Waals surface area contributed by atoms with Crippen molar-refractivity contribution in [1.29, 1.82) is 0 Å². The highest BCUT2D eigenvalue weighted by atomic mass is 16.1. The van der Waals surface area contributed by atoms with Crippen LogP contribution < -0.4 is 0 Å². The lowest BCUT2D eigenvalue weighted by molar-refractivity contribution is 0.0572. The Balaban J connectivity index is 1.76. The Labute approximate surface area is 132 Å². The third kappa shape index (κ3) is 1.79. The van der Waals surface area contributed by atoms with Crippen molar-refractivity contribution < 1.29 is 9.59 Å². The van der Waals surface area contributed by atoms with E-state index in [1.54, 1.807) is 0 Å². The number of rotatable bonds is 3. The van der Waals surface area contributed by atoms with Crippen molar-refractivity contribution in [2.75, 3.05) is 0 Å². The molecule has 1 aromatic carbocycles. The lowest BCUT2D eigenvalue weighted by Crippen LogP contribution is -2.43. The molecular weight excluding hydrogens is 272 g/mol. The Morgan fingerprint density at radius 1 is 1.18 bits per heavy atom. The normalized spacial score (nSPS) is 35.6. The molecule has 2 bridgehead atoms. The van der Waals surface area contributed by atoms with Crippen molar-refractivity contribution in [2.45, 2.75) is 52.4 Å². The van der Waals surface area contributed by atoms with E-state index >= 15 is 0 Å². The van der Waals surface area contributed by atoms with E-state index in [1.165, 1.54) is 5.56 Å². The molecule has 0 aliphatic heterocycles. The van der Waals surface area contributed by atoms with Crippen LogP contribution in [0.25, 0.3) is 0 Å². The van der Waals surface area contributed by atoms with Crippen LogP contribution in [-0.4, -0.2) is 11.6 Å². The Hall–Kier alpha value is -1.44. The topological polar surface area (TPSA) is 34.1 Å². The van der Waals surface area contributed by atoms with Gasteiger partial charge >= 0.3 is 0 Å². The first kappa shape index (κ1) is 14.2. The van der Waals surface area contributed by atoms with E-state index < -0.39 is 0 Å². The van der Waals surface area contributed by atoms with Crippen LogP contribution in [0.15, 0.2) is 18.2 Å². The van der Waals surface area contributed by atoms with Gasteiger partial charge in [0.1, 0.15) is 0 Å². The summed E-state index contributed by atoms with van der Waals surface area (Å²) in [5, 5.41) is 0. The van der Waals surface area contributed by atoms with Crippen LogP contribution in [0, 0.1) is 23.2 Å². The van der Waals surface area contributed by atoms with Gasteiger partial charge in [-0.3, -0.25) is 9.59 Å². The average Bonchev–Trinajstić information content (AvgIpc) is 3.04. The number of ketones is 2. The summed E-state index contributed by atoms with van der Waals surface area (Å²) in [6.07, 6.45) is 6.59. The molecular formula is C20H24O2. The van der Waals surface area contributed by atoms with Crippen LogP contribution in [0.2, 0.25) is 0 Å². The predicted octanol–water partition coefficient (Wildman–Crippen LogP) is 4.46. The second-order valence-electron chi connectivity index (χ2n) is 7.87. The highest BCUT2D eigenvalue weighted by Crippen LogP contribution is 2.63. The van der Waals surface area contributed by atoms with Crippen molar-refractivity contribution in [3.05, 3.63) is 34.9 Å². The Bertz CT molecular complexity index is 660. The molecule has 4 atom stereocenters. The maximum atomic E-state index is 13.0. The number of carbonyl (C=O) groups excluding carboxylic acids is 2. The number of aryl methyl sites for hydroxylation is 1. The molecule has 2 fully saturated rings. The Kier molecular flexibility index (Phi) is 3.08. The maximum Gasteiger partial charge on any atom is 0.167 e. The zero-order valence-corrected chi connectivity index (χ0v) is 13.5. The van der Waals surface area contributed by atoms with Gasteiger partial charge in [0, 0.05) is 23.0 Å². The second kappa shape index (κ2) is 4.78. The van der Waals surface area contributed by atoms with Crippen LogP contribution in [0.1, 0.15) is 72.2 Å². The van der Waals surface area contributed by atoms with E-state index in [0.717, 1.165) is 44.1 Å². The minimum Gasteiger partial charge on any atom is -0.294 e. The van der Waals surface area contributed by atoms with Gasteiger partial charge in [0.15, 0.2) is 11.6 Å². The molecule has 0 amide bonds. The first-order valence-electron chi connectivity index (χ1n) is 8.76. The van der Waals surface area contributed by atoms with E-state index in [9.17, 15) is 9.59 Å². The van der Waals surface area contributed by atoms with Gasteiger partial charge in [-0.05, 0) is 55.1 Å². The fraction of sp³-hybridized carbons (Fsp3) is 0.600. The molecule has 2 nitrogen and oxygen atoms in total. The number of unbranched alkanes of at least 4 members (excludes halogenated alkanes) is 1. The van der Waals surface area contributed by atoms with E-state index in [-0.39, 0.29) is 28.8 Å². The first-order valence-corrected chi connectivity index (χ1v) is 8.76. The summed E-state index contributed by atoms with van der Waals surface area (Å²) < 4.78 is 0. The summed E-state index contributed by atoms with van der Waals surface area (Å²) in [7, 11) is 0.